The average Bonchev–Trinajstić information content (AvgIpc) is 2.59. The van der Waals surface area contributed by atoms with Gasteiger partial charge in [0.15, 0.2) is 17.3 Å². The molecule has 23 heavy (non-hydrogen) atoms. The molecule has 0 aromatic heterocycles. The van der Waals surface area contributed by atoms with Crippen molar-refractivity contribution in [1.29, 1.82) is 0 Å². The van der Waals surface area contributed by atoms with E-state index in [-0.39, 0.29) is 11.8 Å². The van der Waals surface area contributed by atoms with Gasteiger partial charge < -0.3 is 14.8 Å². The molecule has 4 nitrogen and oxygen atoms in total. The van der Waals surface area contributed by atoms with Gasteiger partial charge in [-0.1, -0.05) is 31.2 Å². The number of carbonyl (C=O) groups is 1. The van der Waals surface area contributed by atoms with E-state index >= 15 is 0 Å². The third kappa shape index (κ3) is 3.02. The molecule has 3 rings (SSSR count). The summed E-state index contributed by atoms with van der Waals surface area (Å²) in [5.41, 5.74) is 2.58. The minimum Gasteiger partial charge on any atom is -0.493 e. The Hall–Kier alpha value is -2.49. The van der Waals surface area contributed by atoms with Gasteiger partial charge in [-0.2, -0.15) is 0 Å². The number of rotatable bonds is 5. The number of hydrogen-bond acceptors (Lipinski definition) is 4. The van der Waals surface area contributed by atoms with Gasteiger partial charge in [0.2, 0.25) is 0 Å². The van der Waals surface area contributed by atoms with Crippen LogP contribution in [0.15, 0.2) is 42.5 Å². The number of anilines is 1. The summed E-state index contributed by atoms with van der Waals surface area (Å²) < 4.78 is 11.3. The molecule has 0 saturated heterocycles. The van der Waals surface area contributed by atoms with Crippen LogP contribution in [0.25, 0.3) is 0 Å². The summed E-state index contributed by atoms with van der Waals surface area (Å²) in [6.07, 6.45) is 1.32. The number of fused-ring (bicyclic) bond motifs is 1. The number of ketones is 1. The summed E-state index contributed by atoms with van der Waals surface area (Å²) >= 11 is 0. The van der Waals surface area contributed by atoms with Crippen molar-refractivity contribution in [3.05, 3.63) is 53.6 Å². The third-order valence-electron chi connectivity index (χ3n) is 4.00. The zero-order valence-corrected chi connectivity index (χ0v) is 13.5. The first-order chi connectivity index (χ1) is 11.2. The molecule has 0 bridgehead atoms. The van der Waals surface area contributed by atoms with E-state index in [2.05, 4.69) is 12.2 Å². The first-order valence-corrected chi connectivity index (χ1v) is 7.93. The fourth-order valence-electron chi connectivity index (χ4n) is 2.90. The van der Waals surface area contributed by atoms with Crippen LogP contribution >= 0.6 is 0 Å². The van der Waals surface area contributed by atoms with Gasteiger partial charge in [-0.25, -0.2) is 0 Å². The molecule has 0 aliphatic carbocycles. The molecule has 0 radical (unpaired) electrons. The number of hydrogen-bond donors (Lipinski definition) is 1. The molecule has 0 amide bonds. The Labute approximate surface area is 136 Å². The Balaban J connectivity index is 1.98. The highest BCUT2D eigenvalue weighted by molar-refractivity contribution is 6.03. The molecule has 2 aromatic carbocycles. The van der Waals surface area contributed by atoms with E-state index in [1.807, 2.05) is 42.5 Å². The molecule has 1 heterocycles. The van der Waals surface area contributed by atoms with Gasteiger partial charge >= 0.3 is 0 Å². The first kappa shape index (κ1) is 15.4. The number of methoxy groups -OCH3 is 1. The summed E-state index contributed by atoms with van der Waals surface area (Å²) in [6, 6.07) is 13.3. The van der Waals surface area contributed by atoms with E-state index < -0.39 is 0 Å². The lowest BCUT2D eigenvalue weighted by atomic mass is 9.92. The zero-order valence-electron chi connectivity index (χ0n) is 13.5. The molecule has 2 aromatic rings. The molecule has 0 spiro atoms. The van der Waals surface area contributed by atoms with Crippen molar-refractivity contribution in [1.82, 2.24) is 0 Å². The predicted molar refractivity (Wildman–Crippen MR) is 90.5 cm³/mol. The van der Waals surface area contributed by atoms with E-state index in [0.717, 1.165) is 29.0 Å². The summed E-state index contributed by atoms with van der Waals surface area (Å²) in [5, 5.41) is 3.46. The highest BCUT2D eigenvalue weighted by Crippen LogP contribution is 2.40. The van der Waals surface area contributed by atoms with Crippen molar-refractivity contribution < 1.29 is 14.3 Å². The molecule has 1 aliphatic rings. The monoisotopic (exact) mass is 311 g/mol. The molecule has 120 valence electrons. The van der Waals surface area contributed by atoms with Crippen LogP contribution in [0.2, 0.25) is 0 Å². The Bertz CT molecular complexity index is 712. The van der Waals surface area contributed by atoms with Gasteiger partial charge in [0.25, 0.3) is 0 Å². The van der Waals surface area contributed by atoms with Crippen LogP contribution in [0.3, 0.4) is 0 Å². The lowest BCUT2D eigenvalue weighted by Crippen LogP contribution is -2.23. The van der Waals surface area contributed by atoms with E-state index in [0.29, 0.717) is 18.8 Å². The number of para-hydroxylation sites is 2. The van der Waals surface area contributed by atoms with Gasteiger partial charge in [-0.05, 0) is 24.6 Å². The van der Waals surface area contributed by atoms with Crippen molar-refractivity contribution in [2.45, 2.75) is 25.8 Å². The molecular weight excluding hydrogens is 290 g/mol. The average molecular weight is 311 g/mol. The van der Waals surface area contributed by atoms with Crippen LogP contribution < -0.4 is 14.8 Å². The van der Waals surface area contributed by atoms with Crippen LogP contribution in [-0.4, -0.2) is 19.5 Å². The lowest BCUT2D eigenvalue weighted by molar-refractivity contribution is 0.0972. The van der Waals surface area contributed by atoms with E-state index in [4.69, 9.17) is 9.47 Å². The quantitative estimate of drug-likeness (QED) is 0.898. The van der Waals surface area contributed by atoms with Crippen LogP contribution in [-0.2, 0) is 0 Å². The molecule has 1 atom stereocenters. The molecule has 1 N–H and O–H groups in total. The number of ether oxygens (including phenoxy) is 2. The van der Waals surface area contributed by atoms with Gasteiger partial charge in [0, 0.05) is 23.2 Å². The predicted octanol–water partition coefficient (Wildman–Crippen LogP) is 4.22. The van der Waals surface area contributed by atoms with Crippen LogP contribution in [0.1, 0.15) is 41.7 Å². The summed E-state index contributed by atoms with van der Waals surface area (Å²) in [7, 11) is 1.63. The normalized spacial score (nSPS) is 16.4. The Morgan fingerprint density at radius 1 is 1.17 bits per heavy atom. The molecule has 4 heteroatoms. The maximum atomic E-state index is 12.4. The Kier molecular flexibility index (Phi) is 4.51. The Morgan fingerprint density at radius 2 is 2.00 bits per heavy atom. The third-order valence-corrected chi connectivity index (χ3v) is 4.00. The highest BCUT2D eigenvalue weighted by Gasteiger charge is 2.28. The van der Waals surface area contributed by atoms with E-state index in [1.54, 1.807) is 7.11 Å². The fraction of sp³-hybridized carbons (Fsp3) is 0.316. The van der Waals surface area contributed by atoms with E-state index in [9.17, 15) is 4.79 Å². The Morgan fingerprint density at radius 3 is 2.78 bits per heavy atom. The second-order valence-corrected chi connectivity index (χ2v) is 5.60. The summed E-state index contributed by atoms with van der Waals surface area (Å²) in [4.78, 5) is 12.4. The SMILES string of the molecule is CCCOc1c(OC)cccc1C1CC(=O)c2ccccc2N1. The zero-order chi connectivity index (χ0) is 16.2. The molecule has 0 fully saturated rings. The van der Waals surface area contributed by atoms with Gasteiger partial charge in [0.1, 0.15) is 0 Å². The summed E-state index contributed by atoms with van der Waals surface area (Å²) in [5.74, 6) is 1.57. The lowest BCUT2D eigenvalue weighted by Gasteiger charge is -2.28. The number of benzene rings is 2. The smallest absolute Gasteiger partial charge is 0.167 e. The molecule has 1 aliphatic heterocycles. The fourth-order valence-corrected chi connectivity index (χ4v) is 2.90. The first-order valence-electron chi connectivity index (χ1n) is 7.93. The minimum atomic E-state index is -0.112. The number of Topliss-reactive ketones (excluding diaryl/α,β-unsaturated/α-hetero) is 1. The topological polar surface area (TPSA) is 47.6 Å². The van der Waals surface area contributed by atoms with Crippen molar-refractivity contribution in [2.24, 2.45) is 0 Å². The van der Waals surface area contributed by atoms with Crippen LogP contribution in [0, 0.1) is 0 Å². The number of carbonyl (C=O) groups excluding carboxylic acids is 1. The van der Waals surface area contributed by atoms with Gasteiger partial charge in [-0.3, -0.25) is 4.79 Å². The molecule has 1 unspecified atom stereocenters. The summed E-state index contributed by atoms with van der Waals surface area (Å²) in [6.45, 7) is 2.68. The van der Waals surface area contributed by atoms with Crippen LogP contribution in [0.5, 0.6) is 11.5 Å². The second kappa shape index (κ2) is 6.73. The number of nitrogens with one attached hydrogen (secondary N) is 1. The standard InChI is InChI=1S/C19H21NO3/c1-3-11-23-19-14(8-6-10-18(19)22-2)16-12-17(21)13-7-4-5-9-15(13)20-16/h4-10,16,20H,3,11-12H2,1-2H3. The van der Waals surface area contributed by atoms with E-state index in [1.165, 1.54) is 0 Å². The van der Waals surface area contributed by atoms with Crippen molar-refractivity contribution in [3.8, 4) is 11.5 Å². The maximum Gasteiger partial charge on any atom is 0.167 e. The van der Waals surface area contributed by atoms with Gasteiger partial charge in [-0.15, -0.1) is 0 Å². The minimum absolute atomic E-state index is 0.112. The van der Waals surface area contributed by atoms with Gasteiger partial charge in [0.05, 0.1) is 19.8 Å². The largest absolute Gasteiger partial charge is 0.493 e. The van der Waals surface area contributed by atoms with Crippen molar-refractivity contribution in [3.63, 3.8) is 0 Å². The highest BCUT2D eigenvalue weighted by atomic mass is 16.5. The van der Waals surface area contributed by atoms with Crippen LogP contribution in [0.4, 0.5) is 5.69 Å². The maximum absolute atomic E-state index is 12.4. The van der Waals surface area contributed by atoms with Crippen molar-refractivity contribution in [2.75, 3.05) is 19.0 Å². The second-order valence-electron chi connectivity index (χ2n) is 5.60. The molecular formula is C19H21NO3. The molecule has 0 saturated carbocycles. The van der Waals surface area contributed by atoms with Crippen molar-refractivity contribution >= 4 is 11.5 Å².